The Kier molecular flexibility index (Phi) is 1.62. The second kappa shape index (κ2) is 2.14. The minimum Gasteiger partial charge on any atom is -0.370 e. The van der Waals surface area contributed by atoms with E-state index < -0.39 is 0 Å². The van der Waals surface area contributed by atoms with Crippen LogP contribution in [0.2, 0.25) is 0 Å². The first-order chi connectivity index (χ1) is 4.12. The first kappa shape index (κ1) is 6.81. The SMILES string of the molecule is C=C(C)CCC1(C)CO1. The van der Waals surface area contributed by atoms with Crippen LogP contribution in [-0.2, 0) is 4.74 Å². The van der Waals surface area contributed by atoms with E-state index in [1.165, 1.54) is 5.57 Å². The highest BCUT2D eigenvalue weighted by molar-refractivity contribution is 4.95. The third-order valence-electron chi connectivity index (χ3n) is 1.72. The Labute approximate surface area is 56.7 Å². The lowest BCUT2D eigenvalue weighted by Gasteiger charge is -2.02. The fraction of sp³-hybridized carbons (Fsp3) is 0.750. The van der Waals surface area contributed by atoms with Crippen LogP contribution < -0.4 is 0 Å². The molecule has 1 aliphatic heterocycles. The maximum absolute atomic E-state index is 5.21. The van der Waals surface area contributed by atoms with E-state index in [1.54, 1.807) is 0 Å². The summed E-state index contributed by atoms with van der Waals surface area (Å²) in [7, 11) is 0. The van der Waals surface area contributed by atoms with Gasteiger partial charge in [0.25, 0.3) is 0 Å². The number of hydrogen-bond acceptors (Lipinski definition) is 1. The zero-order chi connectivity index (χ0) is 6.91. The van der Waals surface area contributed by atoms with Gasteiger partial charge in [0.1, 0.15) is 0 Å². The smallest absolute Gasteiger partial charge is 0.0891 e. The lowest BCUT2D eigenvalue weighted by Crippen LogP contribution is -2.02. The van der Waals surface area contributed by atoms with Crippen LogP contribution in [0.5, 0.6) is 0 Å². The molecular weight excluding hydrogens is 112 g/mol. The molecule has 0 amide bonds. The topological polar surface area (TPSA) is 12.5 Å². The van der Waals surface area contributed by atoms with Gasteiger partial charge in [0.15, 0.2) is 0 Å². The van der Waals surface area contributed by atoms with E-state index in [0.29, 0.717) is 0 Å². The van der Waals surface area contributed by atoms with E-state index >= 15 is 0 Å². The zero-order valence-electron chi connectivity index (χ0n) is 6.24. The summed E-state index contributed by atoms with van der Waals surface area (Å²) in [6, 6.07) is 0. The molecule has 0 aromatic carbocycles. The van der Waals surface area contributed by atoms with Crippen molar-refractivity contribution >= 4 is 0 Å². The molecule has 0 N–H and O–H groups in total. The first-order valence-electron chi connectivity index (χ1n) is 3.41. The zero-order valence-corrected chi connectivity index (χ0v) is 6.24. The van der Waals surface area contributed by atoms with Crippen molar-refractivity contribution in [2.45, 2.75) is 32.3 Å². The molecule has 1 fully saturated rings. The Bertz CT molecular complexity index is 123. The van der Waals surface area contributed by atoms with Gasteiger partial charge in [-0.05, 0) is 26.7 Å². The lowest BCUT2D eigenvalue weighted by atomic mass is 10.0. The molecule has 0 spiro atoms. The monoisotopic (exact) mass is 126 g/mol. The van der Waals surface area contributed by atoms with Crippen molar-refractivity contribution in [3.8, 4) is 0 Å². The highest BCUT2D eigenvalue weighted by Gasteiger charge is 2.38. The van der Waals surface area contributed by atoms with Crippen LogP contribution in [0.1, 0.15) is 26.7 Å². The van der Waals surface area contributed by atoms with Crippen LogP contribution in [0, 0.1) is 0 Å². The van der Waals surface area contributed by atoms with Crippen LogP contribution in [0.3, 0.4) is 0 Å². The van der Waals surface area contributed by atoms with Gasteiger partial charge in [0.2, 0.25) is 0 Å². The fourth-order valence-electron chi connectivity index (χ4n) is 0.745. The Morgan fingerprint density at radius 1 is 1.78 bits per heavy atom. The van der Waals surface area contributed by atoms with Gasteiger partial charge in [-0.2, -0.15) is 0 Å². The lowest BCUT2D eigenvalue weighted by molar-refractivity contribution is 0.309. The van der Waals surface area contributed by atoms with Crippen LogP contribution in [0.4, 0.5) is 0 Å². The Morgan fingerprint density at radius 3 is 2.67 bits per heavy atom. The molecule has 0 aromatic rings. The summed E-state index contributed by atoms with van der Waals surface area (Å²) in [6.45, 7) is 8.99. The summed E-state index contributed by atoms with van der Waals surface area (Å²) in [4.78, 5) is 0. The molecule has 1 aliphatic rings. The van der Waals surface area contributed by atoms with Gasteiger partial charge in [-0.3, -0.25) is 0 Å². The maximum Gasteiger partial charge on any atom is 0.0891 e. The van der Waals surface area contributed by atoms with Crippen molar-refractivity contribution in [1.82, 2.24) is 0 Å². The van der Waals surface area contributed by atoms with Gasteiger partial charge in [0.05, 0.1) is 12.2 Å². The Balaban J connectivity index is 2.12. The average molecular weight is 126 g/mol. The standard InChI is InChI=1S/C8H14O/c1-7(2)4-5-8(3)6-9-8/h1,4-6H2,2-3H3. The number of rotatable bonds is 3. The van der Waals surface area contributed by atoms with Gasteiger partial charge in [-0.1, -0.05) is 5.57 Å². The van der Waals surface area contributed by atoms with Crippen molar-refractivity contribution in [2.24, 2.45) is 0 Å². The summed E-state index contributed by atoms with van der Waals surface area (Å²) < 4.78 is 5.21. The molecular formula is C8H14O. The van der Waals surface area contributed by atoms with Gasteiger partial charge in [-0.15, -0.1) is 6.58 Å². The van der Waals surface area contributed by atoms with Gasteiger partial charge < -0.3 is 4.74 Å². The molecule has 1 rings (SSSR count). The normalized spacial score (nSPS) is 32.2. The molecule has 1 heteroatoms. The highest BCUT2D eigenvalue weighted by Crippen LogP contribution is 2.31. The van der Waals surface area contributed by atoms with E-state index in [2.05, 4.69) is 20.4 Å². The predicted octanol–water partition coefficient (Wildman–Crippen LogP) is 2.13. The van der Waals surface area contributed by atoms with E-state index in [0.717, 1.165) is 19.4 Å². The minimum atomic E-state index is 0.221. The molecule has 1 heterocycles. The number of hydrogen-bond donors (Lipinski definition) is 0. The van der Waals surface area contributed by atoms with Crippen molar-refractivity contribution < 1.29 is 4.74 Å². The van der Waals surface area contributed by atoms with E-state index in [1.807, 2.05) is 0 Å². The quantitative estimate of drug-likeness (QED) is 0.417. The number of epoxide rings is 1. The summed E-state index contributed by atoms with van der Waals surface area (Å²) in [6.07, 6.45) is 2.25. The molecule has 0 bridgehead atoms. The Morgan fingerprint density at radius 2 is 2.33 bits per heavy atom. The first-order valence-corrected chi connectivity index (χ1v) is 3.41. The summed E-state index contributed by atoms with van der Waals surface area (Å²) in [5, 5.41) is 0. The second-order valence-corrected chi connectivity index (χ2v) is 3.20. The molecule has 1 unspecified atom stereocenters. The third kappa shape index (κ3) is 2.19. The third-order valence-corrected chi connectivity index (χ3v) is 1.72. The van der Waals surface area contributed by atoms with E-state index in [4.69, 9.17) is 4.74 Å². The fourth-order valence-corrected chi connectivity index (χ4v) is 0.745. The molecule has 1 saturated heterocycles. The van der Waals surface area contributed by atoms with E-state index in [9.17, 15) is 0 Å². The minimum absolute atomic E-state index is 0.221. The predicted molar refractivity (Wildman–Crippen MR) is 38.4 cm³/mol. The van der Waals surface area contributed by atoms with Gasteiger partial charge in [-0.25, -0.2) is 0 Å². The summed E-state index contributed by atoms with van der Waals surface area (Å²) in [5.74, 6) is 0. The summed E-state index contributed by atoms with van der Waals surface area (Å²) >= 11 is 0. The van der Waals surface area contributed by atoms with Crippen molar-refractivity contribution in [3.63, 3.8) is 0 Å². The molecule has 0 aliphatic carbocycles. The van der Waals surface area contributed by atoms with Crippen molar-refractivity contribution in [1.29, 1.82) is 0 Å². The Hall–Kier alpha value is -0.300. The largest absolute Gasteiger partial charge is 0.370 e. The molecule has 9 heavy (non-hydrogen) atoms. The number of allylic oxidation sites excluding steroid dienone is 1. The van der Waals surface area contributed by atoms with Crippen molar-refractivity contribution in [3.05, 3.63) is 12.2 Å². The molecule has 0 aromatic heterocycles. The van der Waals surface area contributed by atoms with Crippen LogP contribution >= 0.6 is 0 Å². The molecule has 1 nitrogen and oxygen atoms in total. The van der Waals surface area contributed by atoms with Crippen LogP contribution in [0.25, 0.3) is 0 Å². The molecule has 1 atom stereocenters. The van der Waals surface area contributed by atoms with Crippen LogP contribution in [-0.4, -0.2) is 12.2 Å². The second-order valence-electron chi connectivity index (χ2n) is 3.20. The highest BCUT2D eigenvalue weighted by atomic mass is 16.6. The van der Waals surface area contributed by atoms with E-state index in [-0.39, 0.29) is 5.60 Å². The summed E-state index contributed by atoms with van der Waals surface area (Å²) in [5.41, 5.74) is 1.48. The van der Waals surface area contributed by atoms with Gasteiger partial charge in [0, 0.05) is 0 Å². The average Bonchev–Trinajstić information content (AvgIpc) is 2.45. The molecule has 0 saturated carbocycles. The van der Waals surface area contributed by atoms with Gasteiger partial charge >= 0.3 is 0 Å². The van der Waals surface area contributed by atoms with Crippen molar-refractivity contribution in [2.75, 3.05) is 6.61 Å². The van der Waals surface area contributed by atoms with Crippen LogP contribution in [0.15, 0.2) is 12.2 Å². The number of ether oxygens (including phenoxy) is 1. The maximum atomic E-state index is 5.21. The molecule has 0 radical (unpaired) electrons. The molecule has 52 valence electrons.